The van der Waals surface area contributed by atoms with E-state index in [9.17, 15) is 24.6 Å². The van der Waals surface area contributed by atoms with Gasteiger partial charge in [0.05, 0.1) is 5.56 Å². The predicted octanol–water partition coefficient (Wildman–Crippen LogP) is -2.62. The van der Waals surface area contributed by atoms with Crippen LogP contribution in [0.3, 0.4) is 0 Å². The van der Waals surface area contributed by atoms with Crippen LogP contribution in [0.4, 0.5) is 0 Å². The summed E-state index contributed by atoms with van der Waals surface area (Å²) >= 11 is 0. The predicted molar refractivity (Wildman–Crippen MR) is 81.6 cm³/mol. The highest BCUT2D eigenvalue weighted by Gasteiger charge is 2.44. The molecule has 1 fully saturated rings. The Bertz CT molecular complexity index is 866. The third-order valence-electron chi connectivity index (χ3n) is 3.70. The number of hydrogen-bond donors (Lipinski definition) is 4. The van der Waals surface area contributed by atoms with Gasteiger partial charge in [-0.2, -0.15) is 9.78 Å². The first kappa shape index (κ1) is 17.0. The number of aromatic nitrogens is 4. The fraction of sp³-hybridized carbons (Fsp3) is 0.357. The lowest BCUT2D eigenvalue weighted by molar-refractivity contribution is -0.0471. The quantitative estimate of drug-likeness (QED) is 0.466. The van der Waals surface area contributed by atoms with E-state index in [4.69, 9.17) is 4.74 Å². The summed E-state index contributed by atoms with van der Waals surface area (Å²) in [6.07, 6.45) is -1.34. The number of rotatable bonds is 4. The lowest BCUT2D eigenvalue weighted by Gasteiger charge is -2.15. The lowest BCUT2D eigenvalue weighted by atomic mass is 10.1. The molecule has 1 aliphatic heterocycles. The number of aliphatic hydroxyl groups is 2. The minimum absolute atomic E-state index is 0.111. The standard InChI is InChI=1S/C14H15N5O6/c20-9-6-17-19(14(24)18-9)13-11(22)10(21)8(25-13)5-16-12(23)7-2-1-3-15-4-7/h1-4,6,8,10-11,13,21-22H,5H2,(H,16,23)(H,18,20,24)/t8-,10-,11-,13-/m1/s1. The molecule has 132 valence electrons. The zero-order valence-corrected chi connectivity index (χ0v) is 12.8. The highest BCUT2D eigenvalue weighted by atomic mass is 16.6. The molecule has 0 aromatic carbocycles. The van der Waals surface area contributed by atoms with Crippen LogP contribution in [0.1, 0.15) is 16.6 Å². The zero-order chi connectivity index (χ0) is 18.0. The molecule has 0 aliphatic carbocycles. The van der Waals surface area contributed by atoms with E-state index in [2.05, 4.69) is 15.4 Å². The first-order valence-corrected chi connectivity index (χ1v) is 7.35. The van der Waals surface area contributed by atoms with Gasteiger partial charge in [-0.1, -0.05) is 0 Å². The van der Waals surface area contributed by atoms with E-state index in [-0.39, 0.29) is 6.54 Å². The van der Waals surface area contributed by atoms with Crippen molar-refractivity contribution in [3.8, 4) is 0 Å². The first-order valence-electron chi connectivity index (χ1n) is 7.35. The molecular formula is C14H15N5O6. The van der Waals surface area contributed by atoms with Gasteiger partial charge in [-0.15, -0.1) is 0 Å². The number of carbonyl (C=O) groups excluding carboxylic acids is 1. The summed E-state index contributed by atoms with van der Waals surface area (Å²) in [6, 6.07) is 3.17. The van der Waals surface area contributed by atoms with Crippen molar-refractivity contribution in [1.82, 2.24) is 25.1 Å². The molecule has 2 aromatic heterocycles. The van der Waals surface area contributed by atoms with Crippen LogP contribution in [0.5, 0.6) is 0 Å². The van der Waals surface area contributed by atoms with Crippen molar-refractivity contribution < 1.29 is 19.7 Å². The van der Waals surface area contributed by atoms with E-state index in [0.717, 1.165) is 10.9 Å². The minimum Gasteiger partial charge on any atom is -0.387 e. The number of pyridine rings is 1. The van der Waals surface area contributed by atoms with Gasteiger partial charge in [-0.3, -0.25) is 19.6 Å². The third-order valence-corrected chi connectivity index (χ3v) is 3.70. The molecule has 1 aliphatic rings. The number of aromatic amines is 1. The highest BCUT2D eigenvalue weighted by Crippen LogP contribution is 2.27. The summed E-state index contributed by atoms with van der Waals surface area (Å²) in [5, 5.41) is 26.3. The van der Waals surface area contributed by atoms with Crippen LogP contribution in [-0.4, -0.2) is 60.7 Å². The molecule has 3 heterocycles. The maximum atomic E-state index is 12.0. The molecule has 3 rings (SSSR count). The molecule has 4 atom stereocenters. The van der Waals surface area contributed by atoms with Gasteiger partial charge in [0, 0.05) is 18.9 Å². The second-order valence-electron chi connectivity index (χ2n) is 5.38. The van der Waals surface area contributed by atoms with Crippen molar-refractivity contribution in [2.75, 3.05) is 6.54 Å². The van der Waals surface area contributed by atoms with Crippen LogP contribution in [0.15, 0.2) is 40.3 Å². The van der Waals surface area contributed by atoms with Gasteiger partial charge in [-0.05, 0) is 12.1 Å². The summed E-state index contributed by atoms with van der Waals surface area (Å²) in [7, 11) is 0. The second kappa shape index (κ2) is 6.93. The normalized spacial score (nSPS) is 25.7. The van der Waals surface area contributed by atoms with Crippen LogP contribution in [0.2, 0.25) is 0 Å². The summed E-state index contributed by atoms with van der Waals surface area (Å²) in [5.41, 5.74) is -1.26. The van der Waals surface area contributed by atoms with Gasteiger partial charge in [0.1, 0.15) is 24.5 Å². The van der Waals surface area contributed by atoms with Crippen molar-refractivity contribution in [3.05, 3.63) is 57.1 Å². The molecule has 1 amide bonds. The Kier molecular flexibility index (Phi) is 4.70. The molecule has 0 saturated carbocycles. The lowest BCUT2D eigenvalue weighted by Crippen LogP contribution is -2.40. The summed E-state index contributed by atoms with van der Waals surface area (Å²) < 4.78 is 6.15. The second-order valence-corrected chi connectivity index (χ2v) is 5.38. The Labute approximate surface area is 139 Å². The molecule has 0 spiro atoms. The number of hydrogen-bond acceptors (Lipinski definition) is 8. The Morgan fingerprint density at radius 3 is 2.80 bits per heavy atom. The third kappa shape index (κ3) is 3.47. The van der Waals surface area contributed by atoms with Crippen molar-refractivity contribution >= 4 is 5.91 Å². The van der Waals surface area contributed by atoms with E-state index >= 15 is 0 Å². The molecule has 25 heavy (non-hydrogen) atoms. The van der Waals surface area contributed by atoms with E-state index in [1.165, 1.54) is 12.4 Å². The van der Waals surface area contributed by atoms with Crippen LogP contribution in [0, 0.1) is 0 Å². The number of nitrogens with zero attached hydrogens (tertiary/aromatic N) is 3. The topological polar surface area (TPSA) is 159 Å². The number of amides is 1. The molecule has 4 N–H and O–H groups in total. The molecule has 2 aromatic rings. The fourth-order valence-corrected chi connectivity index (χ4v) is 2.44. The molecule has 0 unspecified atom stereocenters. The van der Waals surface area contributed by atoms with Gasteiger partial charge < -0.3 is 20.3 Å². The van der Waals surface area contributed by atoms with E-state index < -0.39 is 41.7 Å². The number of aliphatic hydroxyl groups excluding tert-OH is 2. The van der Waals surface area contributed by atoms with Crippen molar-refractivity contribution in [2.24, 2.45) is 0 Å². The van der Waals surface area contributed by atoms with Gasteiger partial charge in [0.15, 0.2) is 6.23 Å². The van der Waals surface area contributed by atoms with Crippen LogP contribution in [0.25, 0.3) is 0 Å². The van der Waals surface area contributed by atoms with Crippen LogP contribution in [-0.2, 0) is 4.74 Å². The number of carbonyl (C=O) groups is 1. The number of ether oxygens (including phenoxy) is 1. The monoisotopic (exact) mass is 349 g/mol. The SMILES string of the molecule is O=C(NC[C@H]1O[C@@H](n2ncc(=O)[nH]c2=O)[C@H](O)[C@@H]1O)c1cccnc1. The van der Waals surface area contributed by atoms with E-state index in [1.807, 2.05) is 4.98 Å². The Morgan fingerprint density at radius 2 is 2.12 bits per heavy atom. The average molecular weight is 349 g/mol. The summed E-state index contributed by atoms with van der Waals surface area (Å²) in [4.78, 5) is 40.6. The van der Waals surface area contributed by atoms with Gasteiger partial charge in [0.2, 0.25) is 0 Å². The highest BCUT2D eigenvalue weighted by molar-refractivity contribution is 5.93. The Balaban J connectivity index is 1.69. The maximum Gasteiger partial charge on any atom is 0.347 e. The van der Waals surface area contributed by atoms with Crippen molar-refractivity contribution in [2.45, 2.75) is 24.5 Å². The van der Waals surface area contributed by atoms with Crippen molar-refractivity contribution in [3.63, 3.8) is 0 Å². The summed E-state index contributed by atoms with van der Waals surface area (Å²) in [6.45, 7) is -0.111. The largest absolute Gasteiger partial charge is 0.387 e. The van der Waals surface area contributed by atoms with Gasteiger partial charge in [0.25, 0.3) is 11.5 Å². The Morgan fingerprint density at radius 1 is 1.32 bits per heavy atom. The van der Waals surface area contributed by atoms with Crippen molar-refractivity contribution in [1.29, 1.82) is 0 Å². The molecule has 11 heteroatoms. The van der Waals surface area contributed by atoms with Gasteiger partial charge >= 0.3 is 5.69 Å². The minimum atomic E-state index is -1.46. The van der Waals surface area contributed by atoms with E-state index in [1.54, 1.807) is 12.1 Å². The maximum absolute atomic E-state index is 12.0. The van der Waals surface area contributed by atoms with Gasteiger partial charge in [-0.25, -0.2) is 4.79 Å². The number of H-pyrrole nitrogens is 1. The average Bonchev–Trinajstić information content (AvgIpc) is 2.89. The fourth-order valence-electron chi connectivity index (χ4n) is 2.44. The van der Waals surface area contributed by atoms with E-state index in [0.29, 0.717) is 5.56 Å². The molecule has 0 bridgehead atoms. The zero-order valence-electron chi connectivity index (χ0n) is 12.8. The molecule has 0 radical (unpaired) electrons. The first-order chi connectivity index (χ1) is 12.0. The van der Waals surface area contributed by atoms with Crippen LogP contribution < -0.4 is 16.6 Å². The number of nitrogens with one attached hydrogen (secondary N) is 2. The summed E-state index contributed by atoms with van der Waals surface area (Å²) in [5.74, 6) is -0.429. The van der Waals surface area contributed by atoms with Crippen LogP contribution >= 0.6 is 0 Å². The Hall–Kier alpha value is -2.89. The smallest absolute Gasteiger partial charge is 0.347 e. The molecule has 11 nitrogen and oxygen atoms in total. The molecule has 1 saturated heterocycles. The molecular weight excluding hydrogens is 334 g/mol.